The summed E-state index contributed by atoms with van der Waals surface area (Å²) in [7, 11) is 0. The third-order valence-electron chi connectivity index (χ3n) is 1.24. The summed E-state index contributed by atoms with van der Waals surface area (Å²) in [5.41, 5.74) is 0. The number of ether oxygens (including phenoxy) is 1. The first-order chi connectivity index (χ1) is 6.06. The van der Waals surface area contributed by atoms with Crippen LogP contribution in [0.25, 0.3) is 0 Å². The van der Waals surface area contributed by atoms with Crippen LogP contribution in [0.2, 0.25) is 0 Å². The number of carbonyl (C=O) groups is 2. The summed E-state index contributed by atoms with van der Waals surface area (Å²) >= 11 is 0. The van der Waals surface area contributed by atoms with Crippen LogP contribution in [0.15, 0.2) is 25.0 Å². The van der Waals surface area contributed by atoms with Crippen molar-refractivity contribution in [1.82, 2.24) is 0 Å². The minimum atomic E-state index is -0.921. The molecule has 0 aromatic carbocycles. The van der Waals surface area contributed by atoms with E-state index in [0.717, 1.165) is 0 Å². The number of esters is 1. The molecule has 0 heterocycles. The van der Waals surface area contributed by atoms with Crippen LogP contribution in [0.3, 0.4) is 0 Å². The molecule has 0 aromatic rings. The van der Waals surface area contributed by atoms with Gasteiger partial charge in [0.05, 0.1) is 0 Å². The van der Waals surface area contributed by atoms with Crippen LogP contribution in [0.5, 0.6) is 0 Å². The Kier molecular flexibility index (Phi) is 5.27. The molecule has 0 unspecified atom stereocenters. The normalized spacial score (nSPS) is 8.92. The lowest BCUT2D eigenvalue weighted by atomic mass is 10.2. The van der Waals surface area contributed by atoms with Gasteiger partial charge in [0, 0.05) is 12.8 Å². The molecule has 4 nitrogen and oxygen atoms in total. The van der Waals surface area contributed by atoms with Gasteiger partial charge in [-0.15, -0.1) is 0 Å². The number of allylic oxidation sites excluding steroid dienone is 1. The minimum Gasteiger partial charge on any atom is -0.481 e. The van der Waals surface area contributed by atoms with Crippen molar-refractivity contribution in [1.29, 1.82) is 0 Å². The molecule has 0 rings (SSSR count). The van der Waals surface area contributed by atoms with E-state index in [-0.39, 0.29) is 25.0 Å². The van der Waals surface area contributed by atoms with Crippen molar-refractivity contribution in [3.63, 3.8) is 0 Å². The van der Waals surface area contributed by atoms with Gasteiger partial charge in [-0.3, -0.25) is 9.59 Å². The van der Waals surface area contributed by atoms with Crippen molar-refractivity contribution >= 4 is 11.9 Å². The maximum Gasteiger partial charge on any atom is 0.311 e. The largest absolute Gasteiger partial charge is 0.481 e. The van der Waals surface area contributed by atoms with E-state index in [1.165, 1.54) is 6.08 Å². The molecule has 0 aliphatic rings. The van der Waals surface area contributed by atoms with Crippen LogP contribution in [0.4, 0.5) is 0 Å². The average Bonchev–Trinajstić information content (AvgIpc) is 2.03. The zero-order valence-electron chi connectivity index (χ0n) is 7.28. The Hall–Kier alpha value is -1.58. The van der Waals surface area contributed by atoms with E-state index in [0.29, 0.717) is 0 Å². The van der Waals surface area contributed by atoms with E-state index in [4.69, 9.17) is 5.11 Å². The van der Waals surface area contributed by atoms with Crippen molar-refractivity contribution in [2.45, 2.75) is 19.3 Å². The van der Waals surface area contributed by atoms with Crippen LogP contribution in [-0.2, 0) is 14.3 Å². The molecule has 0 amide bonds. The van der Waals surface area contributed by atoms with Gasteiger partial charge in [0.25, 0.3) is 0 Å². The SMILES string of the molecule is C=CC(=C)OC(=O)CCCC(=O)O. The summed E-state index contributed by atoms with van der Waals surface area (Å²) in [4.78, 5) is 20.9. The molecule has 0 aromatic heterocycles. The zero-order chi connectivity index (χ0) is 10.3. The van der Waals surface area contributed by atoms with Crippen molar-refractivity contribution in [3.8, 4) is 0 Å². The molecule has 0 atom stereocenters. The summed E-state index contributed by atoms with van der Waals surface area (Å²) in [6.07, 6.45) is 1.64. The third kappa shape index (κ3) is 6.80. The van der Waals surface area contributed by atoms with E-state index >= 15 is 0 Å². The predicted molar refractivity (Wildman–Crippen MR) is 46.9 cm³/mol. The highest BCUT2D eigenvalue weighted by atomic mass is 16.5. The summed E-state index contributed by atoms with van der Waals surface area (Å²) < 4.78 is 4.64. The van der Waals surface area contributed by atoms with Crippen molar-refractivity contribution in [2.24, 2.45) is 0 Å². The molecule has 0 aliphatic heterocycles. The van der Waals surface area contributed by atoms with Gasteiger partial charge in [-0.2, -0.15) is 0 Å². The van der Waals surface area contributed by atoms with Crippen LogP contribution < -0.4 is 0 Å². The molecular formula is C9H12O4. The second kappa shape index (κ2) is 5.99. The molecule has 0 saturated carbocycles. The van der Waals surface area contributed by atoms with Gasteiger partial charge in [-0.25, -0.2) is 0 Å². The maximum atomic E-state index is 10.9. The Morgan fingerprint density at radius 1 is 1.38 bits per heavy atom. The van der Waals surface area contributed by atoms with Crippen LogP contribution in [0.1, 0.15) is 19.3 Å². The first-order valence-corrected chi connectivity index (χ1v) is 3.80. The number of carboxylic acid groups (broad SMARTS) is 1. The Labute approximate surface area is 76.5 Å². The lowest BCUT2D eigenvalue weighted by Gasteiger charge is -2.01. The van der Waals surface area contributed by atoms with Gasteiger partial charge in [-0.05, 0) is 12.5 Å². The monoisotopic (exact) mass is 184 g/mol. The highest BCUT2D eigenvalue weighted by Crippen LogP contribution is 2.02. The van der Waals surface area contributed by atoms with Gasteiger partial charge in [0.2, 0.25) is 0 Å². The molecule has 0 spiro atoms. The Bertz CT molecular complexity index is 230. The second-order valence-corrected chi connectivity index (χ2v) is 2.39. The highest BCUT2D eigenvalue weighted by molar-refractivity contribution is 5.72. The van der Waals surface area contributed by atoms with Gasteiger partial charge < -0.3 is 9.84 Å². The summed E-state index contributed by atoms with van der Waals surface area (Å²) in [5.74, 6) is -1.22. The van der Waals surface area contributed by atoms with Crippen molar-refractivity contribution in [3.05, 3.63) is 25.0 Å². The van der Waals surface area contributed by atoms with Gasteiger partial charge >= 0.3 is 11.9 Å². The molecule has 0 fully saturated rings. The average molecular weight is 184 g/mol. The Balaban J connectivity index is 3.57. The maximum absolute atomic E-state index is 10.9. The fourth-order valence-corrected chi connectivity index (χ4v) is 0.623. The van der Waals surface area contributed by atoms with E-state index < -0.39 is 11.9 Å². The second-order valence-electron chi connectivity index (χ2n) is 2.39. The Morgan fingerprint density at radius 2 is 2.00 bits per heavy atom. The summed E-state index contributed by atoms with van der Waals surface area (Å²) in [6, 6.07) is 0. The van der Waals surface area contributed by atoms with Crippen molar-refractivity contribution in [2.75, 3.05) is 0 Å². The first-order valence-electron chi connectivity index (χ1n) is 3.80. The zero-order valence-corrected chi connectivity index (χ0v) is 7.28. The third-order valence-corrected chi connectivity index (χ3v) is 1.24. The van der Waals surface area contributed by atoms with E-state index in [2.05, 4.69) is 17.9 Å². The predicted octanol–water partition coefficient (Wildman–Crippen LogP) is 1.48. The molecular weight excluding hydrogens is 172 g/mol. The topological polar surface area (TPSA) is 63.6 Å². The Morgan fingerprint density at radius 3 is 2.46 bits per heavy atom. The molecule has 1 N–H and O–H groups in total. The number of aliphatic carboxylic acids is 1. The van der Waals surface area contributed by atoms with Gasteiger partial charge in [-0.1, -0.05) is 13.2 Å². The lowest BCUT2D eigenvalue weighted by Crippen LogP contribution is -2.04. The number of hydrogen-bond acceptors (Lipinski definition) is 3. The number of hydrogen-bond donors (Lipinski definition) is 1. The van der Waals surface area contributed by atoms with Gasteiger partial charge in [0.1, 0.15) is 5.76 Å². The summed E-state index contributed by atoms with van der Waals surface area (Å²) in [6.45, 7) is 6.73. The highest BCUT2D eigenvalue weighted by Gasteiger charge is 2.05. The quantitative estimate of drug-likeness (QED) is 0.386. The fraction of sp³-hybridized carbons (Fsp3) is 0.333. The van der Waals surface area contributed by atoms with E-state index in [1.807, 2.05) is 0 Å². The number of carbonyl (C=O) groups excluding carboxylic acids is 1. The standard InChI is InChI=1S/C9H12O4/c1-3-7(2)13-9(12)6-4-5-8(10)11/h3H,1-2,4-6H2,(H,10,11). The molecule has 0 saturated heterocycles. The molecule has 0 bridgehead atoms. The number of carboxylic acids is 1. The summed E-state index contributed by atoms with van der Waals surface area (Å²) in [5, 5.41) is 8.27. The smallest absolute Gasteiger partial charge is 0.311 e. The first kappa shape index (κ1) is 11.4. The molecule has 0 radical (unpaired) electrons. The van der Waals surface area contributed by atoms with E-state index in [1.54, 1.807) is 0 Å². The lowest BCUT2D eigenvalue weighted by molar-refractivity contribution is -0.139. The fourth-order valence-electron chi connectivity index (χ4n) is 0.623. The van der Waals surface area contributed by atoms with Gasteiger partial charge in [0.15, 0.2) is 0 Å². The molecule has 13 heavy (non-hydrogen) atoms. The number of rotatable bonds is 6. The van der Waals surface area contributed by atoms with Crippen LogP contribution >= 0.6 is 0 Å². The minimum absolute atomic E-state index is 0.0321. The molecule has 0 aliphatic carbocycles. The van der Waals surface area contributed by atoms with E-state index in [9.17, 15) is 9.59 Å². The van der Waals surface area contributed by atoms with Crippen LogP contribution in [0, 0.1) is 0 Å². The van der Waals surface area contributed by atoms with Crippen molar-refractivity contribution < 1.29 is 19.4 Å². The molecule has 72 valence electrons. The molecule has 4 heteroatoms. The van der Waals surface area contributed by atoms with Crippen LogP contribution in [-0.4, -0.2) is 17.0 Å².